The lowest BCUT2D eigenvalue weighted by molar-refractivity contribution is 0.256. The van der Waals surface area contributed by atoms with Crippen molar-refractivity contribution in [2.45, 2.75) is 29.4 Å². The zero-order valence-corrected chi connectivity index (χ0v) is 43.4. The number of hydrogen-bond acceptors (Lipinski definition) is 18. The van der Waals surface area contributed by atoms with E-state index in [1.807, 2.05) is 0 Å². The van der Waals surface area contributed by atoms with Crippen molar-refractivity contribution >= 4 is 150 Å². The lowest BCUT2D eigenvalue weighted by atomic mass is 10.1. The van der Waals surface area contributed by atoms with Gasteiger partial charge in [0.05, 0.1) is 32.5 Å². The van der Waals surface area contributed by atoms with Crippen molar-refractivity contribution in [3.05, 3.63) is 134 Å². The number of amides is 2. The van der Waals surface area contributed by atoms with Crippen LogP contribution in [0.5, 0.6) is 0 Å². The van der Waals surface area contributed by atoms with Gasteiger partial charge in [0.1, 0.15) is 25.4 Å². The Labute approximate surface area is 440 Å². The topological polar surface area (TPSA) is 467 Å². The third-order valence-corrected chi connectivity index (χ3v) is 16.3. The molecule has 0 saturated carbocycles. The normalized spacial score (nSPS) is 13.2. The van der Waals surface area contributed by atoms with E-state index in [9.17, 15) is 82.6 Å². The molecule has 0 aromatic heterocycles. The van der Waals surface area contributed by atoms with Crippen LogP contribution in [0.25, 0.3) is 43.1 Å². The lowest BCUT2D eigenvalue weighted by Gasteiger charge is -2.18. The van der Waals surface area contributed by atoms with Crippen LogP contribution in [0, 0.1) is 0 Å². The number of urea groups is 1. The smallest absolute Gasteiger partial charge is 0.341 e. The molecule has 8 aromatic carbocycles. The van der Waals surface area contributed by atoms with Gasteiger partial charge in [-0.15, -0.1) is 10.2 Å². The van der Waals surface area contributed by atoms with Gasteiger partial charge >= 0.3 is 6.03 Å². The van der Waals surface area contributed by atoms with Gasteiger partial charge < -0.3 is 21.7 Å². The first kappa shape index (κ1) is 56.0. The second-order valence-corrected chi connectivity index (χ2v) is 24.6. The first-order chi connectivity index (χ1) is 36.2. The summed E-state index contributed by atoms with van der Waals surface area (Å²) in [5.41, 5.74) is 4.47. The third-order valence-electron chi connectivity index (χ3n) is 11.0. The number of guanidine groups is 1. The van der Waals surface area contributed by atoms with E-state index in [1.165, 1.54) is 36.4 Å². The number of hydrogen-bond donors (Lipinski definition) is 10. The molecule has 11 N–H and O–H groups in total. The minimum Gasteiger partial charge on any atom is -0.350 e. The van der Waals surface area contributed by atoms with Crippen LogP contribution in [0.3, 0.4) is 0 Å². The van der Waals surface area contributed by atoms with E-state index in [0.717, 1.165) is 84.9 Å². The summed E-state index contributed by atoms with van der Waals surface area (Å²) in [7, 11) is -29.8. The molecule has 0 aliphatic rings. The fraction of sp³-hybridized carbons (Fsp3) is 0. The molecule has 8 rings (SSSR count). The Balaban J connectivity index is 1.14. The predicted molar refractivity (Wildman–Crippen MR) is 280 cm³/mol. The summed E-state index contributed by atoms with van der Waals surface area (Å²) < 4.78 is 207. The van der Waals surface area contributed by atoms with E-state index in [1.54, 1.807) is 0 Å². The molecule has 0 radical (unpaired) electrons. The number of carbonyl (C=O) groups is 1. The van der Waals surface area contributed by atoms with Crippen molar-refractivity contribution in [1.29, 1.82) is 0 Å². The molecule has 8 aromatic rings. The molecule has 0 aliphatic heterocycles. The molecule has 0 heterocycles. The van der Waals surface area contributed by atoms with Gasteiger partial charge in [-0.1, -0.05) is 43.0 Å². The van der Waals surface area contributed by atoms with Crippen LogP contribution >= 0.6 is 0 Å². The fourth-order valence-corrected chi connectivity index (χ4v) is 11.7. The Morgan fingerprint density at radius 2 is 0.808 bits per heavy atom. The number of rotatable bonds is 14. The summed E-state index contributed by atoms with van der Waals surface area (Å²) in [5.74, 6) is -0.654. The second-order valence-electron chi connectivity index (χ2n) is 16.2. The number of aliphatic imine (C=N–C) groups is 1. The summed E-state index contributed by atoms with van der Waals surface area (Å²) in [5, 5.41) is 23.2. The highest BCUT2D eigenvalue weighted by atomic mass is 32.2. The maximum absolute atomic E-state index is 12.4. The highest BCUT2D eigenvalue weighted by Crippen LogP contribution is 2.40. The molecule has 0 fully saturated rings. The summed E-state index contributed by atoms with van der Waals surface area (Å²) >= 11 is 0. The number of benzene rings is 8. The summed E-state index contributed by atoms with van der Waals surface area (Å²) in [6.07, 6.45) is 0. The van der Waals surface area contributed by atoms with Gasteiger partial charge in [0.15, 0.2) is 0 Å². The average Bonchev–Trinajstić information content (AvgIpc) is 3.39. The Morgan fingerprint density at radius 1 is 0.410 bits per heavy atom. The largest absolute Gasteiger partial charge is 0.350 e. The SMILES string of the molecule is C=C(NC(=NC(N)=O)Nc1ccc(N=Nc2cc(S(=O)(=O)O)c3cccc(S(=O)(=O)O)c3c2)c2cc(S(=O)(=O)O)ccc12)Nc1ccc(N=Nc2cc(S(=O)(=O)O)c3cccc(S(=O)(=O)O)c3c2)c2cc(S(=O)(=O)O)ccc12. The number of fused-ring (bicyclic) bond motifs is 4. The predicted octanol–water partition coefficient (Wildman–Crippen LogP) is 7.63. The van der Waals surface area contributed by atoms with Gasteiger partial charge in [0.2, 0.25) is 5.96 Å². The molecule has 0 aliphatic carbocycles. The monoisotopic (exact) mass is 1180 g/mol. The number of primary amides is 1. The average molecular weight is 1180 g/mol. The minimum absolute atomic E-state index is 0.0190. The Bertz CT molecular complexity index is 4770. The Hall–Kier alpha value is -8.26. The van der Waals surface area contributed by atoms with Crippen LogP contribution in [-0.2, 0) is 60.7 Å². The summed E-state index contributed by atoms with van der Waals surface area (Å²) in [6, 6.07) is 20.5. The maximum atomic E-state index is 12.4. The fourth-order valence-electron chi connectivity index (χ4n) is 7.83. The highest BCUT2D eigenvalue weighted by Gasteiger charge is 2.24. The van der Waals surface area contributed by atoms with Crippen molar-refractivity contribution in [2.24, 2.45) is 31.2 Å². The molecule has 0 atom stereocenters. The number of nitrogens with two attached hydrogens (primary N) is 1. The van der Waals surface area contributed by atoms with E-state index >= 15 is 0 Å². The van der Waals surface area contributed by atoms with E-state index in [4.69, 9.17) is 5.73 Å². The molecular formula is C44H33N9O19S6. The summed E-state index contributed by atoms with van der Waals surface area (Å²) in [4.78, 5) is 11.6. The number of nitrogens with one attached hydrogen (secondary N) is 3. The molecule has 28 nitrogen and oxygen atoms in total. The van der Waals surface area contributed by atoms with Gasteiger partial charge in [-0.05, 0) is 84.9 Å². The molecule has 0 bridgehead atoms. The summed E-state index contributed by atoms with van der Waals surface area (Å²) in [6.45, 7) is 3.88. The standard InChI is InChI=1S/C44H33N9O19S6/c1-22(46-35-12-14-37(31-20-25(73(55,56)57)8-10-27(31)35)52-50-23-16-33-29(41(18-23)77(67,68)69)4-2-6-39(33)75(61,62)63)47-44(49-43(45)54)48-36-13-15-38(32-21-26(74(58,59)60)9-11-28(32)36)53-51-24-17-34-30(42(19-24)78(70,71)72)5-3-7-40(34)76(64,65)66/h2-21,46H,1H2,(H,55,56,57)(H,58,59,60)(H,61,62,63)(H,64,65,66)(H,67,68,69)(H,70,71,72)(H4,45,47,48,49,54). The molecule has 0 unspecified atom stereocenters. The third kappa shape index (κ3) is 12.1. The van der Waals surface area contributed by atoms with Gasteiger partial charge in [0.25, 0.3) is 60.7 Å². The first-order valence-electron chi connectivity index (χ1n) is 21.0. The molecule has 0 saturated heterocycles. The molecule has 0 spiro atoms. The van der Waals surface area contributed by atoms with Crippen molar-refractivity contribution in [1.82, 2.24) is 5.32 Å². The molecular weight excluding hydrogens is 1150 g/mol. The van der Waals surface area contributed by atoms with Crippen LogP contribution in [0.4, 0.5) is 38.9 Å². The minimum atomic E-state index is -5.07. The van der Waals surface area contributed by atoms with Gasteiger partial charge in [-0.25, -0.2) is 4.79 Å². The molecule has 34 heteroatoms. The van der Waals surface area contributed by atoms with Crippen molar-refractivity contribution in [2.75, 3.05) is 10.6 Å². The van der Waals surface area contributed by atoms with Crippen LogP contribution in [0.2, 0.25) is 0 Å². The molecule has 78 heavy (non-hydrogen) atoms. The van der Waals surface area contributed by atoms with E-state index < -0.39 is 102 Å². The number of nitrogens with zero attached hydrogens (tertiary/aromatic N) is 5. The van der Waals surface area contributed by atoms with Crippen LogP contribution in [-0.4, -0.2) is 89.8 Å². The van der Waals surface area contributed by atoms with E-state index in [-0.39, 0.29) is 83.0 Å². The first-order valence-corrected chi connectivity index (χ1v) is 29.6. The molecule has 404 valence electrons. The van der Waals surface area contributed by atoms with Crippen LogP contribution in [0.15, 0.2) is 189 Å². The van der Waals surface area contributed by atoms with Gasteiger partial charge in [-0.2, -0.15) is 65.7 Å². The molecule has 2 amide bonds. The second kappa shape index (κ2) is 20.3. The maximum Gasteiger partial charge on any atom is 0.341 e. The number of carbonyl (C=O) groups excluding carboxylic acids is 1. The quantitative estimate of drug-likeness (QED) is 0.0216. The highest BCUT2D eigenvalue weighted by molar-refractivity contribution is 7.87. The van der Waals surface area contributed by atoms with Crippen molar-refractivity contribution in [3.8, 4) is 0 Å². The zero-order chi connectivity index (χ0) is 57.1. The van der Waals surface area contributed by atoms with Gasteiger partial charge in [-0.3, -0.25) is 27.3 Å². The lowest BCUT2D eigenvalue weighted by Crippen LogP contribution is -2.34. The Morgan fingerprint density at radius 3 is 1.18 bits per heavy atom. The van der Waals surface area contributed by atoms with Gasteiger partial charge in [0, 0.05) is 54.5 Å². The van der Waals surface area contributed by atoms with Crippen molar-refractivity contribution < 1.29 is 82.6 Å². The van der Waals surface area contributed by atoms with Crippen LogP contribution in [0.1, 0.15) is 0 Å². The van der Waals surface area contributed by atoms with E-state index in [2.05, 4.69) is 48.0 Å². The van der Waals surface area contributed by atoms with E-state index in [0.29, 0.717) is 0 Å². The Kier molecular flexibility index (Phi) is 14.5. The zero-order valence-electron chi connectivity index (χ0n) is 38.5. The van der Waals surface area contributed by atoms with Crippen LogP contribution < -0.4 is 21.7 Å². The van der Waals surface area contributed by atoms with Crippen molar-refractivity contribution in [3.63, 3.8) is 0 Å². The number of azo groups is 2. The number of anilines is 2.